The summed E-state index contributed by atoms with van der Waals surface area (Å²) in [6.45, 7) is 0. The Balaban J connectivity index is 0.00000147. The van der Waals surface area contributed by atoms with Gasteiger partial charge in [0.1, 0.15) is 17.3 Å². The van der Waals surface area contributed by atoms with E-state index < -0.39 is 11.8 Å². The third-order valence-corrected chi connectivity index (χ3v) is 3.94. The largest absolute Gasteiger partial charge is 1.00 e. The second kappa shape index (κ2) is 5.77. The normalized spacial score (nSPS) is 20.1. The van der Waals surface area contributed by atoms with Crippen molar-refractivity contribution in [2.24, 2.45) is 0 Å². The standard InChI is InChI=1S/C12H8FNO4S.Na/c13-6-1-3-7(4-2-6)18-12-10(11(16)17)14-8(15)5-9(14)19-12;/h1-4,9H,5H2,(H,16,17);/q;+1/p-1. The molecule has 2 aliphatic rings. The van der Waals surface area contributed by atoms with Crippen LogP contribution in [0, 0.1) is 5.82 Å². The molecule has 0 bridgehead atoms. The Hall–Kier alpha value is -1.02. The van der Waals surface area contributed by atoms with Crippen molar-refractivity contribution in [2.45, 2.75) is 11.8 Å². The van der Waals surface area contributed by atoms with Gasteiger partial charge in [0.2, 0.25) is 5.91 Å². The number of ether oxygens (including phenoxy) is 1. The van der Waals surface area contributed by atoms with Crippen LogP contribution in [0.25, 0.3) is 0 Å². The molecule has 0 saturated carbocycles. The molecule has 1 aromatic carbocycles. The SMILES string of the molecule is O=C([O-])C1=C(Oc2ccc(F)cc2)SC2CC(=O)N12.[Na+]. The van der Waals surface area contributed by atoms with Crippen molar-refractivity contribution in [3.8, 4) is 5.75 Å². The van der Waals surface area contributed by atoms with Gasteiger partial charge in [0, 0.05) is 0 Å². The number of halogens is 1. The number of carboxylic acid groups (broad SMARTS) is 1. The fraction of sp³-hybridized carbons (Fsp3) is 0.167. The van der Waals surface area contributed by atoms with Gasteiger partial charge in [-0.05, 0) is 24.3 Å². The van der Waals surface area contributed by atoms with Gasteiger partial charge in [0.05, 0.1) is 17.8 Å². The molecule has 1 atom stereocenters. The Bertz CT molecular complexity index is 604. The van der Waals surface area contributed by atoms with Crippen LogP contribution in [0.4, 0.5) is 4.39 Å². The summed E-state index contributed by atoms with van der Waals surface area (Å²) in [6.07, 6.45) is 0.276. The molecule has 0 aromatic heterocycles. The van der Waals surface area contributed by atoms with Crippen LogP contribution in [0.15, 0.2) is 35.1 Å². The molecule has 1 amide bonds. The molecular weight excluding hydrogens is 296 g/mol. The molecule has 0 radical (unpaired) electrons. The van der Waals surface area contributed by atoms with Gasteiger partial charge in [-0.1, -0.05) is 11.8 Å². The monoisotopic (exact) mass is 303 g/mol. The van der Waals surface area contributed by atoms with Crippen LogP contribution >= 0.6 is 11.8 Å². The number of carbonyl (C=O) groups is 2. The minimum absolute atomic E-state index is 0. The summed E-state index contributed by atoms with van der Waals surface area (Å²) in [5, 5.41) is 10.9. The number of hydrogen-bond acceptors (Lipinski definition) is 5. The van der Waals surface area contributed by atoms with Gasteiger partial charge in [-0.25, -0.2) is 4.39 Å². The average Bonchev–Trinajstić information content (AvgIpc) is 2.65. The molecule has 1 unspecified atom stereocenters. The molecule has 5 nitrogen and oxygen atoms in total. The molecule has 1 saturated heterocycles. The number of amides is 1. The maximum absolute atomic E-state index is 12.8. The van der Waals surface area contributed by atoms with Crippen molar-refractivity contribution in [3.05, 3.63) is 40.9 Å². The van der Waals surface area contributed by atoms with Crippen molar-refractivity contribution >= 4 is 23.6 Å². The summed E-state index contributed by atoms with van der Waals surface area (Å²) in [5.41, 5.74) is -0.254. The number of β-lactam (4-membered cyclic amide) rings is 1. The van der Waals surface area contributed by atoms with Gasteiger partial charge in [-0.3, -0.25) is 9.69 Å². The van der Waals surface area contributed by atoms with Crippen LogP contribution in [0.1, 0.15) is 6.42 Å². The Labute approximate surface area is 140 Å². The van der Waals surface area contributed by atoms with E-state index in [0.29, 0.717) is 5.75 Å². The van der Waals surface area contributed by atoms with E-state index in [1.165, 1.54) is 24.3 Å². The van der Waals surface area contributed by atoms with Crippen LogP contribution in [-0.4, -0.2) is 22.2 Å². The fourth-order valence-corrected chi connectivity index (χ4v) is 3.13. The minimum atomic E-state index is -1.46. The second-order valence-corrected chi connectivity index (χ2v) is 5.17. The number of carbonyl (C=O) groups excluding carboxylic acids is 2. The topological polar surface area (TPSA) is 69.7 Å². The van der Waals surface area contributed by atoms with Gasteiger partial charge in [0.15, 0.2) is 5.09 Å². The zero-order chi connectivity index (χ0) is 13.6. The maximum atomic E-state index is 12.8. The molecule has 2 heterocycles. The number of benzene rings is 1. The van der Waals surface area contributed by atoms with E-state index in [1.807, 2.05) is 0 Å². The van der Waals surface area contributed by atoms with Crippen LogP contribution in [-0.2, 0) is 9.59 Å². The summed E-state index contributed by atoms with van der Waals surface area (Å²) in [7, 11) is 0. The van der Waals surface area contributed by atoms with Gasteiger partial charge >= 0.3 is 29.6 Å². The van der Waals surface area contributed by atoms with Gasteiger partial charge in [0.25, 0.3) is 0 Å². The summed E-state index contributed by atoms with van der Waals surface area (Å²) < 4.78 is 18.2. The fourth-order valence-electron chi connectivity index (χ4n) is 1.89. The number of thioether (sulfide) groups is 1. The predicted molar refractivity (Wildman–Crippen MR) is 61.9 cm³/mol. The van der Waals surface area contributed by atoms with Crippen LogP contribution in [0.5, 0.6) is 5.75 Å². The maximum Gasteiger partial charge on any atom is 1.00 e. The molecular formula is C12H7FNNaO4S. The molecule has 1 fully saturated rings. The first kappa shape index (κ1) is 15.4. The van der Waals surface area contributed by atoms with E-state index in [0.717, 1.165) is 16.7 Å². The first-order valence-electron chi connectivity index (χ1n) is 5.44. The van der Waals surface area contributed by atoms with Crippen molar-refractivity contribution < 1.29 is 53.4 Å². The first-order valence-corrected chi connectivity index (χ1v) is 6.32. The molecule has 1 aromatic rings. The molecule has 98 valence electrons. The Morgan fingerprint density at radius 1 is 1.40 bits per heavy atom. The molecule has 8 heteroatoms. The second-order valence-electron chi connectivity index (χ2n) is 4.02. The molecule has 0 aliphatic carbocycles. The average molecular weight is 303 g/mol. The summed E-state index contributed by atoms with van der Waals surface area (Å²) in [6, 6.07) is 5.17. The number of nitrogens with zero attached hydrogens (tertiary/aromatic N) is 1. The molecule has 0 spiro atoms. The minimum Gasteiger partial charge on any atom is -0.543 e. The van der Waals surface area contributed by atoms with Crippen molar-refractivity contribution in [2.75, 3.05) is 0 Å². The molecule has 0 N–H and O–H groups in total. The van der Waals surface area contributed by atoms with Crippen LogP contribution in [0.2, 0.25) is 0 Å². The summed E-state index contributed by atoms with van der Waals surface area (Å²) in [5.74, 6) is -1.84. The van der Waals surface area contributed by atoms with E-state index in [1.54, 1.807) is 0 Å². The number of aliphatic carboxylic acids is 1. The Kier molecular flexibility index (Phi) is 4.43. The summed E-state index contributed by atoms with van der Waals surface area (Å²) >= 11 is 1.15. The predicted octanol–water partition coefficient (Wildman–Crippen LogP) is -2.57. The van der Waals surface area contributed by atoms with E-state index in [-0.39, 0.29) is 58.0 Å². The van der Waals surface area contributed by atoms with Gasteiger partial charge in [-0.15, -0.1) is 0 Å². The quantitative estimate of drug-likeness (QED) is 0.454. The summed E-state index contributed by atoms with van der Waals surface area (Å²) in [4.78, 5) is 23.6. The van der Waals surface area contributed by atoms with Crippen molar-refractivity contribution in [1.29, 1.82) is 0 Å². The van der Waals surface area contributed by atoms with E-state index in [2.05, 4.69) is 0 Å². The smallest absolute Gasteiger partial charge is 0.543 e. The van der Waals surface area contributed by atoms with E-state index in [9.17, 15) is 19.1 Å². The van der Waals surface area contributed by atoms with Crippen LogP contribution in [0.3, 0.4) is 0 Å². The van der Waals surface area contributed by atoms with E-state index >= 15 is 0 Å². The Morgan fingerprint density at radius 3 is 2.60 bits per heavy atom. The van der Waals surface area contributed by atoms with E-state index in [4.69, 9.17) is 4.74 Å². The third kappa shape index (κ3) is 2.58. The van der Waals surface area contributed by atoms with Crippen molar-refractivity contribution in [3.63, 3.8) is 0 Å². The number of rotatable bonds is 3. The van der Waals surface area contributed by atoms with Gasteiger partial charge < -0.3 is 14.6 Å². The zero-order valence-corrected chi connectivity index (χ0v) is 13.3. The number of carboxylic acids is 1. The third-order valence-electron chi connectivity index (χ3n) is 2.80. The number of hydrogen-bond donors (Lipinski definition) is 0. The Morgan fingerprint density at radius 2 is 2.05 bits per heavy atom. The van der Waals surface area contributed by atoms with Crippen LogP contribution < -0.4 is 39.4 Å². The first-order chi connectivity index (χ1) is 9.06. The zero-order valence-electron chi connectivity index (χ0n) is 10.5. The van der Waals surface area contributed by atoms with Crippen molar-refractivity contribution in [1.82, 2.24) is 4.90 Å². The van der Waals surface area contributed by atoms with Gasteiger partial charge in [-0.2, -0.15) is 0 Å². The molecule has 20 heavy (non-hydrogen) atoms. The number of fused-ring (bicyclic) bond motifs is 1. The molecule has 2 aliphatic heterocycles. The molecule has 3 rings (SSSR count).